The van der Waals surface area contributed by atoms with Gasteiger partial charge in [0.15, 0.2) is 6.29 Å². The molecule has 3 aromatic rings. The Morgan fingerprint density at radius 3 is 2.74 bits per heavy atom. The van der Waals surface area contributed by atoms with Gasteiger partial charge in [0.2, 0.25) is 0 Å². The number of benzene rings is 2. The third-order valence-electron chi connectivity index (χ3n) is 3.77. The number of aromatic nitrogens is 3. The van der Waals surface area contributed by atoms with Gasteiger partial charge in [0.1, 0.15) is 18.1 Å². The van der Waals surface area contributed by atoms with Gasteiger partial charge in [-0.3, -0.25) is 4.79 Å². The van der Waals surface area contributed by atoms with Crippen LogP contribution < -0.4 is 4.74 Å². The van der Waals surface area contributed by atoms with Crippen molar-refractivity contribution >= 4 is 17.1 Å². The minimum atomic E-state index is 0.183. The van der Waals surface area contributed by atoms with Crippen molar-refractivity contribution in [2.75, 3.05) is 6.61 Å². The first-order valence-corrected chi connectivity index (χ1v) is 7.70. The van der Waals surface area contributed by atoms with Crippen molar-refractivity contribution in [2.24, 2.45) is 0 Å². The second-order valence-corrected chi connectivity index (χ2v) is 5.68. The van der Waals surface area contributed by atoms with E-state index in [9.17, 15) is 4.79 Å². The zero-order chi connectivity index (χ0) is 16.2. The molecule has 2 aromatic carbocycles. The van der Waals surface area contributed by atoms with Crippen molar-refractivity contribution in [1.29, 1.82) is 0 Å². The fourth-order valence-corrected chi connectivity index (χ4v) is 2.74. The summed E-state index contributed by atoms with van der Waals surface area (Å²) in [5.74, 6) is 1.03. The first-order chi connectivity index (χ1) is 11.2. The van der Waals surface area contributed by atoms with Crippen molar-refractivity contribution in [2.45, 2.75) is 26.3 Å². The first kappa shape index (κ1) is 15.2. The van der Waals surface area contributed by atoms with E-state index in [2.05, 4.69) is 22.4 Å². The highest BCUT2D eigenvalue weighted by atomic mass is 16.5. The zero-order valence-corrected chi connectivity index (χ0v) is 13.3. The number of nitrogens with zero attached hydrogens (tertiary/aromatic N) is 3. The monoisotopic (exact) mass is 309 g/mol. The molecular formula is C18H19N3O2. The van der Waals surface area contributed by atoms with Gasteiger partial charge >= 0.3 is 0 Å². The fraction of sp³-hybridized carbons (Fsp3) is 0.278. The molecule has 0 saturated carbocycles. The van der Waals surface area contributed by atoms with Crippen LogP contribution in [0.5, 0.6) is 5.75 Å². The standard InChI is InChI=1S/C18H19N3O2/c1-13(2)18-16(12-22)19-20-21(18)10-11-23-17-9-5-7-14-6-3-4-8-15(14)17/h3-9,12-13H,10-11H2,1-2H3. The van der Waals surface area contributed by atoms with Crippen LogP contribution in [0.4, 0.5) is 0 Å². The average Bonchev–Trinajstić information content (AvgIpc) is 2.98. The van der Waals surface area contributed by atoms with Gasteiger partial charge in [0, 0.05) is 5.39 Å². The Hall–Kier alpha value is -2.69. The van der Waals surface area contributed by atoms with Gasteiger partial charge < -0.3 is 4.74 Å². The maximum atomic E-state index is 11.0. The SMILES string of the molecule is CC(C)c1c(C=O)nnn1CCOc1cccc2ccccc12. The second kappa shape index (κ2) is 6.60. The van der Waals surface area contributed by atoms with Gasteiger partial charge in [-0.2, -0.15) is 0 Å². The van der Waals surface area contributed by atoms with E-state index in [1.807, 2.05) is 44.2 Å². The Labute approximate surface area is 134 Å². The summed E-state index contributed by atoms with van der Waals surface area (Å²) in [7, 11) is 0. The Morgan fingerprint density at radius 2 is 1.96 bits per heavy atom. The van der Waals surface area contributed by atoms with E-state index in [1.165, 1.54) is 0 Å². The lowest BCUT2D eigenvalue weighted by Gasteiger charge is -2.12. The predicted octanol–water partition coefficient (Wildman–Crippen LogP) is 3.45. The van der Waals surface area contributed by atoms with Crippen LogP contribution in [0, 0.1) is 0 Å². The molecule has 0 fully saturated rings. The van der Waals surface area contributed by atoms with E-state index < -0.39 is 0 Å². The first-order valence-electron chi connectivity index (χ1n) is 7.70. The van der Waals surface area contributed by atoms with Crippen LogP contribution >= 0.6 is 0 Å². The molecular weight excluding hydrogens is 290 g/mol. The molecule has 23 heavy (non-hydrogen) atoms. The molecule has 0 amide bonds. The molecule has 0 aliphatic heterocycles. The number of hydrogen-bond acceptors (Lipinski definition) is 4. The maximum Gasteiger partial charge on any atom is 0.172 e. The lowest BCUT2D eigenvalue weighted by molar-refractivity contribution is 0.111. The molecule has 0 bridgehead atoms. The van der Waals surface area contributed by atoms with Gasteiger partial charge in [-0.25, -0.2) is 4.68 Å². The number of carbonyl (C=O) groups is 1. The van der Waals surface area contributed by atoms with E-state index in [1.54, 1.807) is 4.68 Å². The molecule has 5 heteroatoms. The molecule has 0 spiro atoms. The quantitative estimate of drug-likeness (QED) is 0.654. The van der Waals surface area contributed by atoms with E-state index >= 15 is 0 Å². The molecule has 3 rings (SSSR count). The van der Waals surface area contributed by atoms with Crippen LogP contribution in [0.25, 0.3) is 10.8 Å². The highest BCUT2D eigenvalue weighted by Gasteiger charge is 2.15. The summed E-state index contributed by atoms with van der Waals surface area (Å²) in [4.78, 5) is 11.0. The Bertz CT molecular complexity index is 819. The minimum absolute atomic E-state index is 0.183. The summed E-state index contributed by atoms with van der Waals surface area (Å²) in [6.07, 6.45) is 0.754. The molecule has 5 nitrogen and oxygen atoms in total. The van der Waals surface area contributed by atoms with Gasteiger partial charge in [-0.1, -0.05) is 55.5 Å². The van der Waals surface area contributed by atoms with Crippen molar-refractivity contribution in [3.05, 3.63) is 53.9 Å². The van der Waals surface area contributed by atoms with Crippen molar-refractivity contribution in [3.8, 4) is 5.75 Å². The molecule has 1 aromatic heterocycles. The number of hydrogen-bond donors (Lipinski definition) is 0. The van der Waals surface area contributed by atoms with E-state index in [0.29, 0.717) is 18.8 Å². The van der Waals surface area contributed by atoms with Crippen LogP contribution in [0.3, 0.4) is 0 Å². The smallest absolute Gasteiger partial charge is 0.172 e. The Balaban J connectivity index is 1.75. The van der Waals surface area contributed by atoms with Gasteiger partial charge in [-0.15, -0.1) is 5.10 Å². The summed E-state index contributed by atoms with van der Waals surface area (Å²) in [6, 6.07) is 14.1. The van der Waals surface area contributed by atoms with Crippen molar-refractivity contribution in [3.63, 3.8) is 0 Å². The molecule has 0 unspecified atom stereocenters. The lowest BCUT2D eigenvalue weighted by atomic mass is 10.1. The molecule has 0 aliphatic carbocycles. The van der Waals surface area contributed by atoms with Gasteiger partial charge in [0.25, 0.3) is 0 Å². The number of carbonyl (C=O) groups excluding carboxylic acids is 1. The third-order valence-corrected chi connectivity index (χ3v) is 3.77. The molecule has 0 N–H and O–H groups in total. The Morgan fingerprint density at radius 1 is 1.17 bits per heavy atom. The summed E-state index contributed by atoms with van der Waals surface area (Å²) < 4.78 is 7.67. The maximum absolute atomic E-state index is 11.0. The minimum Gasteiger partial charge on any atom is -0.491 e. The van der Waals surface area contributed by atoms with Crippen LogP contribution in [-0.2, 0) is 6.54 Å². The lowest BCUT2D eigenvalue weighted by Crippen LogP contribution is -2.13. The zero-order valence-electron chi connectivity index (χ0n) is 13.3. The van der Waals surface area contributed by atoms with Crippen molar-refractivity contribution in [1.82, 2.24) is 15.0 Å². The van der Waals surface area contributed by atoms with E-state index in [4.69, 9.17) is 4.74 Å². The average molecular weight is 309 g/mol. The number of aldehydes is 1. The predicted molar refractivity (Wildman–Crippen MR) is 88.9 cm³/mol. The number of rotatable bonds is 6. The van der Waals surface area contributed by atoms with E-state index in [-0.39, 0.29) is 5.92 Å². The number of ether oxygens (including phenoxy) is 1. The normalized spacial score (nSPS) is 11.1. The van der Waals surface area contributed by atoms with Gasteiger partial charge in [-0.05, 0) is 17.4 Å². The molecule has 1 heterocycles. The molecule has 0 atom stereocenters. The third kappa shape index (κ3) is 3.08. The summed E-state index contributed by atoms with van der Waals surface area (Å²) in [6.45, 7) is 5.06. The summed E-state index contributed by atoms with van der Waals surface area (Å²) in [5, 5.41) is 10.2. The Kier molecular flexibility index (Phi) is 4.37. The topological polar surface area (TPSA) is 57.0 Å². The van der Waals surface area contributed by atoms with Crippen LogP contribution in [0.1, 0.15) is 35.9 Å². The molecule has 0 saturated heterocycles. The summed E-state index contributed by atoms with van der Waals surface area (Å²) in [5.41, 5.74) is 1.26. The van der Waals surface area contributed by atoms with Gasteiger partial charge in [0.05, 0.1) is 12.2 Å². The van der Waals surface area contributed by atoms with Crippen LogP contribution in [0.15, 0.2) is 42.5 Å². The highest BCUT2D eigenvalue weighted by molar-refractivity contribution is 5.88. The fourth-order valence-electron chi connectivity index (χ4n) is 2.74. The van der Waals surface area contributed by atoms with E-state index in [0.717, 1.165) is 28.5 Å². The molecule has 0 radical (unpaired) electrons. The second-order valence-electron chi connectivity index (χ2n) is 5.68. The van der Waals surface area contributed by atoms with Crippen molar-refractivity contribution < 1.29 is 9.53 Å². The molecule has 118 valence electrons. The summed E-state index contributed by atoms with van der Waals surface area (Å²) >= 11 is 0. The highest BCUT2D eigenvalue weighted by Crippen LogP contribution is 2.25. The largest absolute Gasteiger partial charge is 0.491 e. The number of fused-ring (bicyclic) bond motifs is 1. The van der Waals surface area contributed by atoms with Crippen LogP contribution in [-0.4, -0.2) is 27.9 Å². The molecule has 0 aliphatic rings. The van der Waals surface area contributed by atoms with Crippen LogP contribution in [0.2, 0.25) is 0 Å².